The van der Waals surface area contributed by atoms with Crippen LogP contribution in [0.2, 0.25) is 0 Å². The summed E-state index contributed by atoms with van der Waals surface area (Å²) >= 11 is 8.41. The number of hydrogen-bond donors (Lipinski definition) is 0. The Kier molecular flexibility index (Phi) is 2.86. The minimum absolute atomic E-state index is 0.717. The second kappa shape index (κ2) is 3.94. The molecule has 0 atom stereocenters. The fourth-order valence-corrected chi connectivity index (χ4v) is 2.80. The fourth-order valence-electron chi connectivity index (χ4n) is 1.00. The predicted molar refractivity (Wildman–Crippen MR) is 60.1 cm³/mol. The van der Waals surface area contributed by atoms with Crippen molar-refractivity contribution in [2.75, 3.05) is 0 Å². The zero-order chi connectivity index (χ0) is 9.26. The van der Waals surface area contributed by atoms with Crippen LogP contribution in [0.15, 0.2) is 26.7 Å². The van der Waals surface area contributed by atoms with E-state index >= 15 is 0 Å². The highest BCUT2D eigenvalue weighted by Crippen LogP contribution is 2.33. The van der Waals surface area contributed by atoms with E-state index < -0.39 is 0 Å². The first kappa shape index (κ1) is 9.43. The second-order valence-electron chi connectivity index (χ2n) is 2.37. The minimum atomic E-state index is 0.717. The van der Waals surface area contributed by atoms with E-state index in [1.165, 1.54) is 6.39 Å². The van der Waals surface area contributed by atoms with Crippen LogP contribution in [0.4, 0.5) is 0 Å². The van der Waals surface area contributed by atoms with Crippen LogP contribution in [-0.4, -0.2) is 4.98 Å². The molecule has 0 saturated carbocycles. The lowest BCUT2D eigenvalue weighted by molar-refractivity contribution is 0.572. The molecule has 0 radical (unpaired) electrons. The van der Waals surface area contributed by atoms with Crippen LogP contribution in [0.5, 0.6) is 0 Å². The predicted octanol–water partition coefficient (Wildman–Crippen LogP) is 4.06. The van der Waals surface area contributed by atoms with Crippen molar-refractivity contribution in [2.45, 2.75) is 5.33 Å². The maximum Gasteiger partial charge on any atom is 0.181 e. The monoisotopic (exact) mass is 321 g/mol. The van der Waals surface area contributed by atoms with Gasteiger partial charge in [-0.25, -0.2) is 4.98 Å². The molecule has 68 valence electrons. The molecule has 0 aliphatic carbocycles. The normalized spacial score (nSPS) is 10.6. The molecular weight excluding hydrogens is 318 g/mol. The summed E-state index contributed by atoms with van der Waals surface area (Å²) in [7, 11) is 0. The van der Waals surface area contributed by atoms with Gasteiger partial charge < -0.3 is 4.42 Å². The summed E-state index contributed by atoms with van der Waals surface area (Å²) in [4.78, 5) is 5.19. The Morgan fingerprint density at radius 3 is 2.92 bits per heavy atom. The molecule has 2 aromatic heterocycles. The number of nitrogens with zero attached hydrogens (tertiary/aromatic N) is 1. The maximum atomic E-state index is 5.30. The number of halogens is 2. The van der Waals surface area contributed by atoms with E-state index in [2.05, 4.69) is 36.8 Å². The van der Waals surface area contributed by atoms with Crippen LogP contribution >= 0.6 is 43.2 Å². The molecular formula is C8H5Br2NOS. The largest absolute Gasteiger partial charge is 0.442 e. The first-order valence-corrected chi connectivity index (χ1v) is 6.28. The van der Waals surface area contributed by atoms with E-state index in [1.807, 2.05) is 12.1 Å². The van der Waals surface area contributed by atoms with E-state index in [-0.39, 0.29) is 0 Å². The van der Waals surface area contributed by atoms with Crippen molar-refractivity contribution >= 4 is 43.2 Å². The zero-order valence-electron chi connectivity index (χ0n) is 6.46. The molecule has 0 saturated heterocycles. The van der Waals surface area contributed by atoms with Gasteiger partial charge in [-0.15, -0.1) is 11.3 Å². The molecule has 2 aromatic rings. The van der Waals surface area contributed by atoms with Crippen molar-refractivity contribution in [3.8, 4) is 10.6 Å². The van der Waals surface area contributed by atoms with Gasteiger partial charge in [0.1, 0.15) is 0 Å². The van der Waals surface area contributed by atoms with Gasteiger partial charge in [0, 0.05) is 5.33 Å². The van der Waals surface area contributed by atoms with Gasteiger partial charge in [-0.05, 0) is 28.1 Å². The van der Waals surface area contributed by atoms with Gasteiger partial charge >= 0.3 is 0 Å². The fraction of sp³-hybridized carbons (Fsp3) is 0.125. The third kappa shape index (κ3) is 1.87. The van der Waals surface area contributed by atoms with Crippen LogP contribution < -0.4 is 0 Å². The molecule has 0 spiro atoms. The quantitative estimate of drug-likeness (QED) is 0.779. The van der Waals surface area contributed by atoms with E-state index in [1.54, 1.807) is 11.3 Å². The van der Waals surface area contributed by atoms with Crippen molar-refractivity contribution in [3.63, 3.8) is 0 Å². The molecule has 0 aliphatic heterocycles. The Hall–Kier alpha value is -0.130. The Morgan fingerprint density at radius 2 is 2.31 bits per heavy atom. The highest BCUT2D eigenvalue weighted by atomic mass is 79.9. The summed E-state index contributed by atoms with van der Waals surface area (Å²) in [6.07, 6.45) is 1.47. The zero-order valence-corrected chi connectivity index (χ0v) is 10.4. The van der Waals surface area contributed by atoms with Crippen molar-refractivity contribution < 1.29 is 4.42 Å². The van der Waals surface area contributed by atoms with E-state index in [0.717, 1.165) is 20.1 Å². The van der Waals surface area contributed by atoms with Gasteiger partial charge in [-0.3, -0.25) is 0 Å². The van der Waals surface area contributed by atoms with Crippen molar-refractivity contribution in [2.24, 2.45) is 0 Å². The number of oxazole rings is 1. The first-order valence-electron chi connectivity index (χ1n) is 3.55. The first-order chi connectivity index (χ1) is 6.31. The van der Waals surface area contributed by atoms with Gasteiger partial charge in [-0.1, -0.05) is 15.9 Å². The molecule has 0 bridgehead atoms. The van der Waals surface area contributed by atoms with E-state index in [4.69, 9.17) is 4.42 Å². The lowest BCUT2D eigenvalue weighted by Crippen LogP contribution is -1.78. The van der Waals surface area contributed by atoms with Crippen LogP contribution in [0.1, 0.15) is 5.69 Å². The van der Waals surface area contributed by atoms with Gasteiger partial charge in [0.25, 0.3) is 0 Å². The highest BCUT2D eigenvalue weighted by Gasteiger charge is 2.11. The van der Waals surface area contributed by atoms with Crippen LogP contribution in [-0.2, 0) is 5.33 Å². The Morgan fingerprint density at radius 1 is 1.46 bits per heavy atom. The number of aromatic nitrogens is 1. The summed E-state index contributed by atoms with van der Waals surface area (Å²) in [6.45, 7) is 0. The second-order valence-corrected chi connectivity index (χ2v) is 5.39. The lowest BCUT2D eigenvalue weighted by atomic mass is 10.3. The molecule has 0 amide bonds. The van der Waals surface area contributed by atoms with Crippen LogP contribution in [0, 0.1) is 0 Å². The molecule has 13 heavy (non-hydrogen) atoms. The summed E-state index contributed by atoms with van der Waals surface area (Å²) in [5, 5.41) is 0.717. The third-order valence-electron chi connectivity index (χ3n) is 1.56. The van der Waals surface area contributed by atoms with Crippen LogP contribution in [0.25, 0.3) is 10.6 Å². The number of alkyl halides is 1. The number of rotatable bonds is 2. The van der Waals surface area contributed by atoms with Crippen molar-refractivity contribution in [3.05, 3.63) is 28.0 Å². The third-order valence-corrected chi connectivity index (χ3v) is 3.72. The maximum absolute atomic E-state index is 5.30. The van der Waals surface area contributed by atoms with Gasteiger partial charge in [0.15, 0.2) is 12.2 Å². The lowest BCUT2D eigenvalue weighted by Gasteiger charge is -1.91. The highest BCUT2D eigenvalue weighted by molar-refractivity contribution is 9.11. The molecule has 0 fully saturated rings. The topological polar surface area (TPSA) is 26.0 Å². The summed E-state index contributed by atoms with van der Waals surface area (Å²) in [5.41, 5.74) is 0.939. The van der Waals surface area contributed by atoms with Crippen molar-refractivity contribution in [1.82, 2.24) is 4.98 Å². The number of thiophene rings is 1. The standard InChI is InChI=1S/C8H5Br2NOS/c9-3-5-8(12-4-11-5)6-1-2-7(10)13-6/h1-2,4H,3H2. The molecule has 2 heterocycles. The summed E-state index contributed by atoms with van der Waals surface area (Å²) < 4.78 is 6.40. The summed E-state index contributed by atoms with van der Waals surface area (Å²) in [6, 6.07) is 4.02. The Balaban J connectivity index is 2.45. The van der Waals surface area contributed by atoms with Crippen molar-refractivity contribution in [1.29, 1.82) is 0 Å². The molecule has 2 rings (SSSR count). The molecule has 0 unspecified atom stereocenters. The average Bonchev–Trinajstić information content (AvgIpc) is 2.71. The molecule has 5 heteroatoms. The van der Waals surface area contributed by atoms with Crippen LogP contribution in [0.3, 0.4) is 0 Å². The number of hydrogen-bond acceptors (Lipinski definition) is 3. The molecule has 0 aliphatic rings. The Labute approximate surface area is 96.2 Å². The van der Waals surface area contributed by atoms with Gasteiger partial charge in [0.05, 0.1) is 14.4 Å². The molecule has 0 N–H and O–H groups in total. The van der Waals surface area contributed by atoms with Gasteiger partial charge in [-0.2, -0.15) is 0 Å². The minimum Gasteiger partial charge on any atom is -0.442 e. The SMILES string of the molecule is BrCc1ncoc1-c1ccc(Br)s1. The Bertz CT molecular complexity index is 410. The van der Waals surface area contributed by atoms with E-state index in [0.29, 0.717) is 5.33 Å². The smallest absolute Gasteiger partial charge is 0.181 e. The average molecular weight is 323 g/mol. The van der Waals surface area contributed by atoms with E-state index in [9.17, 15) is 0 Å². The van der Waals surface area contributed by atoms with Gasteiger partial charge in [0.2, 0.25) is 0 Å². The molecule has 2 nitrogen and oxygen atoms in total. The molecule has 0 aromatic carbocycles. The summed E-state index contributed by atoms with van der Waals surface area (Å²) in [5.74, 6) is 0.854.